The Morgan fingerprint density at radius 2 is 1.53 bits per heavy atom. The number of aromatic hydroxyl groups is 2. The number of hydrogen-bond donors (Lipinski definition) is 2. The van der Waals surface area contributed by atoms with Crippen LogP contribution in [0, 0.1) is 0 Å². The number of phenols is 2. The minimum atomic E-state index is -0.416. The topological polar surface area (TPSA) is 81.1 Å². The molecule has 4 aromatic carbocycles. The second kappa shape index (κ2) is 10.8. The maximum atomic E-state index is 13.4. The predicted octanol–water partition coefficient (Wildman–Crippen LogP) is 6.43. The highest BCUT2D eigenvalue weighted by atomic mass is 32.1. The van der Waals surface area contributed by atoms with Crippen LogP contribution in [0.25, 0.3) is 10.8 Å². The van der Waals surface area contributed by atoms with Gasteiger partial charge >= 0.3 is 0 Å². The van der Waals surface area contributed by atoms with Crippen LogP contribution in [0.5, 0.6) is 11.5 Å². The highest BCUT2D eigenvalue weighted by Crippen LogP contribution is 2.28. The molecule has 0 aliphatic rings. The number of carbonyl (C=O) groups excluding carboxylic acids is 2. The predicted molar refractivity (Wildman–Crippen MR) is 151 cm³/mol. The van der Waals surface area contributed by atoms with Gasteiger partial charge in [-0.15, -0.1) is 0 Å². The number of anilines is 1. The van der Waals surface area contributed by atoms with Crippen molar-refractivity contribution in [1.29, 1.82) is 0 Å². The van der Waals surface area contributed by atoms with Gasteiger partial charge in [0.2, 0.25) is 0 Å². The summed E-state index contributed by atoms with van der Waals surface area (Å²) in [6, 6.07) is 27.0. The number of nitrogens with zero attached hydrogens (tertiary/aromatic N) is 2. The number of benzene rings is 4. The lowest BCUT2D eigenvalue weighted by Gasteiger charge is -2.24. The Kier molecular flexibility index (Phi) is 7.11. The van der Waals surface area contributed by atoms with Crippen molar-refractivity contribution < 1.29 is 19.8 Å². The van der Waals surface area contributed by atoms with Gasteiger partial charge in [0.15, 0.2) is 0 Å². The van der Waals surface area contributed by atoms with Crippen LogP contribution in [0.4, 0.5) is 5.69 Å². The zero-order valence-electron chi connectivity index (χ0n) is 20.7. The van der Waals surface area contributed by atoms with E-state index in [1.807, 2.05) is 35.0 Å². The highest BCUT2D eigenvalue weighted by Gasteiger charge is 2.22. The lowest BCUT2D eigenvalue weighted by atomic mass is 10.1. The smallest absolute Gasteiger partial charge is 0.262 e. The van der Waals surface area contributed by atoms with Gasteiger partial charge in [-0.25, -0.2) is 0 Å². The maximum absolute atomic E-state index is 13.4. The number of fused-ring (bicyclic) bond motifs is 1. The van der Waals surface area contributed by atoms with Crippen molar-refractivity contribution in [3.63, 3.8) is 0 Å². The number of hydrogen-bond acceptors (Lipinski definition) is 5. The van der Waals surface area contributed by atoms with Gasteiger partial charge in [-0.1, -0.05) is 36.4 Å². The third kappa shape index (κ3) is 5.38. The summed E-state index contributed by atoms with van der Waals surface area (Å²) in [6.07, 6.45) is 0. The first-order valence-corrected chi connectivity index (χ1v) is 13.0. The molecule has 0 fully saturated rings. The van der Waals surface area contributed by atoms with Crippen molar-refractivity contribution in [2.45, 2.75) is 13.1 Å². The van der Waals surface area contributed by atoms with E-state index in [1.165, 1.54) is 23.5 Å². The number of phenolic OH excluding ortho intramolecular Hbond substituents is 2. The molecular weight excluding hydrogens is 496 g/mol. The fourth-order valence-electron chi connectivity index (χ4n) is 4.38. The summed E-state index contributed by atoms with van der Waals surface area (Å²) in [5.74, 6) is -0.968. The van der Waals surface area contributed by atoms with E-state index in [2.05, 4.69) is 24.3 Å². The molecule has 0 atom stereocenters. The van der Waals surface area contributed by atoms with Crippen LogP contribution in [-0.4, -0.2) is 34.0 Å². The molecular formula is C31H26N2O4S. The van der Waals surface area contributed by atoms with Gasteiger partial charge in [0.1, 0.15) is 11.5 Å². The van der Waals surface area contributed by atoms with Gasteiger partial charge in [0.05, 0.1) is 12.1 Å². The quantitative estimate of drug-likeness (QED) is 0.258. The van der Waals surface area contributed by atoms with Crippen LogP contribution in [0.2, 0.25) is 0 Å². The molecule has 0 bridgehead atoms. The van der Waals surface area contributed by atoms with Crippen molar-refractivity contribution >= 4 is 39.6 Å². The third-order valence-corrected chi connectivity index (χ3v) is 7.12. The van der Waals surface area contributed by atoms with E-state index in [0.29, 0.717) is 17.8 Å². The largest absolute Gasteiger partial charge is 0.508 e. The van der Waals surface area contributed by atoms with E-state index in [0.717, 1.165) is 28.0 Å². The Balaban J connectivity index is 1.36. The minimum Gasteiger partial charge on any atom is -0.508 e. The fraction of sp³-hybridized carbons (Fsp3) is 0.0968. The molecule has 6 nitrogen and oxygen atoms in total. The summed E-state index contributed by atoms with van der Waals surface area (Å²) < 4.78 is 0. The standard InChI is InChI=1S/C31H26N2O4S/c1-32(18-21-6-7-23-4-2-3-5-25(23)16-21)30(36)24-8-10-26(11-9-24)33(19-22-14-15-38-20-22)31(37)28-13-12-27(34)17-29(28)35/h2-17,20,34-35H,18-19H2,1H3. The molecule has 0 saturated carbocycles. The lowest BCUT2D eigenvalue weighted by Crippen LogP contribution is -2.30. The van der Waals surface area contributed by atoms with Crippen molar-refractivity contribution in [1.82, 2.24) is 4.90 Å². The average Bonchev–Trinajstić information content (AvgIpc) is 3.44. The molecule has 0 saturated heterocycles. The first-order chi connectivity index (χ1) is 18.4. The molecule has 1 heterocycles. The summed E-state index contributed by atoms with van der Waals surface area (Å²) in [4.78, 5) is 29.8. The molecule has 5 aromatic rings. The Hall–Kier alpha value is -4.62. The second-order valence-corrected chi connectivity index (χ2v) is 9.89. The van der Waals surface area contributed by atoms with Crippen molar-refractivity contribution in [2.24, 2.45) is 0 Å². The third-order valence-electron chi connectivity index (χ3n) is 6.38. The van der Waals surface area contributed by atoms with Crippen LogP contribution in [-0.2, 0) is 13.1 Å². The number of carbonyl (C=O) groups is 2. The number of thiophene rings is 1. The van der Waals surface area contributed by atoms with E-state index in [4.69, 9.17) is 0 Å². The highest BCUT2D eigenvalue weighted by molar-refractivity contribution is 7.07. The van der Waals surface area contributed by atoms with E-state index in [1.54, 1.807) is 41.1 Å². The van der Waals surface area contributed by atoms with E-state index >= 15 is 0 Å². The molecule has 5 rings (SSSR count). The fourth-order valence-corrected chi connectivity index (χ4v) is 5.04. The molecule has 0 spiro atoms. The zero-order valence-corrected chi connectivity index (χ0v) is 21.6. The van der Waals surface area contributed by atoms with E-state index < -0.39 is 5.91 Å². The van der Waals surface area contributed by atoms with Crippen LogP contribution < -0.4 is 4.90 Å². The molecule has 0 radical (unpaired) electrons. The SMILES string of the molecule is CN(Cc1ccc2ccccc2c1)C(=O)c1ccc(N(Cc2ccsc2)C(=O)c2ccc(O)cc2O)cc1. The molecule has 2 N–H and O–H groups in total. The molecule has 1 aromatic heterocycles. The van der Waals surface area contributed by atoms with Crippen molar-refractivity contribution in [3.05, 3.63) is 124 Å². The summed E-state index contributed by atoms with van der Waals surface area (Å²) in [6.45, 7) is 0.756. The van der Waals surface area contributed by atoms with Crippen molar-refractivity contribution in [3.8, 4) is 11.5 Å². The Labute approximate surface area is 224 Å². The van der Waals surface area contributed by atoms with Gasteiger partial charge in [0, 0.05) is 30.9 Å². The van der Waals surface area contributed by atoms with E-state index in [-0.39, 0.29) is 29.5 Å². The Morgan fingerprint density at radius 1 is 0.763 bits per heavy atom. The van der Waals surface area contributed by atoms with Gasteiger partial charge in [-0.3, -0.25) is 9.59 Å². The van der Waals surface area contributed by atoms with Crippen LogP contribution in [0.3, 0.4) is 0 Å². The Bertz CT molecular complexity index is 1600. The van der Waals surface area contributed by atoms with Gasteiger partial charge in [-0.05, 0) is 81.2 Å². The molecule has 0 aliphatic heterocycles. The lowest BCUT2D eigenvalue weighted by molar-refractivity contribution is 0.0785. The monoisotopic (exact) mass is 522 g/mol. The average molecular weight is 523 g/mol. The minimum absolute atomic E-state index is 0.0771. The maximum Gasteiger partial charge on any atom is 0.262 e. The second-order valence-electron chi connectivity index (χ2n) is 9.11. The first kappa shape index (κ1) is 25.0. The number of amides is 2. The molecule has 0 unspecified atom stereocenters. The van der Waals surface area contributed by atoms with E-state index in [9.17, 15) is 19.8 Å². The Morgan fingerprint density at radius 3 is 2.24 bits per heavy atom. The van der Waals surface area contributed by atoms with Gasteiger partial charge < -0.3 is 20.0 Å². The number of rotatable bonds is 7. The molecule has 38 heavy (non-hydrogen) atoms. The summed E-state index contributed by atoms with van der Waals surface area (Å²) in [5, 5.41) is 26.1. The molecule has 7 heteroatoms. The summed E-state index contributed by atoms with van der Waals surface area (Å²) in [5.41, 5.74) is 3.15. The molecule has 2 amide bonds. The molecule has 0 aliphatic carbocycles. The van der Waals surface area contributed by atoms with Gasteiger partial charge in [0.25, 0.3) is 11.8 Å². The molecule has 190 valence electrons. The first-order valence-electron chi connectivity index (χ1n) is 12.1. The van der Waals surface area contributed by atoms with Crippen molar-refractivity contribution in [2.75, 3.05) is 11.9 Å². The zero-order chi connectivity index (χ0) is 26.6. The van der Waals surface area contributed by atoms with Crippen LogP contribution in [0.1, 0.15) is 31.8 Å². The van der Waals surface area contributed by atoms with Crippen LogP contribution >= 0.6 is 11.3 Å². The van der Waals surface area contributed by atoms with Crippen LogP contribution in [0.15, 0.2) is 102 Å². The van der Waals surface area contributed by atoms with Gasteiger partial charge in [-0.2, -0.15) is 11.3 Å². The normalized spacial score (nSPS) is 10.9. The summed E-state index contributed by atoms with van der Waals surface area (Å²) >= 11 is 1.53. The summed E-state index contributed by atoms with van der Waals surface area (Å²) in [7, 11) is 1.77.